The molecule has 1 atom stereocenters. The molecule has 90 valence electrons. The summed E-state index contributed by atoms with van der Waals surface area (Å²) in [6.45, 7) is 0. The van der Waals surface area contributed by atoms with E-state index in [9.17, 15) is 0 Å². The second kappa shape index (κ2) is 4.78. The molecule has 2 aromatic rings. The van der Waals surface area contributed by atoms with E-state index < -0.39 is 0 Å². The quantitative estimate of drug-likeness (QED) is 0.897. The number of aromatic nitrogens is 1. The summed E-state index contributed by atoms with van der Waals surface area (Å²) in [6, 6.07) is 13.9. The minimum absolute atomic E-state index is 0.208. The van der Waals surface area contributed by atoms with Gasteiger partial charge in [-0.25, -0.2) is 0 Å². The Morgan fingerprint density at radius 3 is 2.67 bits per heavy atom. The van der Waals surface area contributed by atoms with Crippen LogP contribution in [0.2, 0.25) is 5.02 Å². The molecule has 2 heterocycles. The van der Waals surface area contributed by atoms with Crippen LogP contribution >= 0.6 is 11.6 Å². The van der Waals surface area contributed by atoms with Gasteiger partial charge in [0.2, 0.25) is 0 Å². The number of nitrogens with zero attached hydrogens (tertiary/aromatic N) is 2. The highest BCUT2D eigenvalue weighted by Gasteiger charge is 2.21. The fraction of sp³-hybridized carbons (Fsp3) is 0.143. The van der Waals surface area contributed by atoms with Gasteiger partial charge >= 0.3 is 0 Å². The third-order valence-electron chi connectivity index (χ3n) is 2.99. The molecule has 0 spiro atoms. The molecule has 0 amide bonds. The average molecular weight is 258 g/mol. The lowest BCUT2D eigenvalue weighted by Crippen LogP contribution is -2.09. The van der Waals surface area contributed by atoms with Crippen LogP contribution in [-0.2, 0) is 0 Å². The molecule has 0 bridgehead atoms. The van der Waals surface area contributed by atoms with Gasteiger partial charge in [-0.15, -0.1) is 0 Å². The lowest BCUT2D eigenvalue weighted by atomic mass is 10.0. The SMILES string of the molecule is Clc1ccc(C2CC(c3ccccn3)=NN2)cc1. The largest absolute Gasteiger partial charge is 0.302 e. The fourth-order valence-electron chi connectivity index (χ4n) is 2.02. The zero-order valence-corrected chi connectivity index (χ0v) is 10.4. The van der Waals surface area contributed by atoms with E-state index in [2.05, 4.69) is 15.5 Å². The molecule has 0 saturated heterocycles. The average Bonchev–Trinajstić information content (AvgIpc) is 2.90. The van der Waals surface area contributed by atoms with Gasteiger partial charge in [-0.1, -0.05) is 29.8 Å². The third kappa shape index (κ3) is 2.22. The van der Waals surface area contributed by atoms with Gasteiger partial charge in [0, 0.05) is 17.6 Å². The summed E-state index contributed by atoms with van der Waals surface area (Å²) in [7, 11) is 0. The number of hydrogen-bond acceptors (Lipinski definition) is 3. The molecule has 1 N–H and O–H groups in total. The summed E-state index contributed by atoms with van der Waals surface area (Å²) in [6.07, 6.45) is 2.63. The first-order chi connectivity index (χ1) is 8.83. The highest BCUT2D eigenvalue weighted by Crippen LogP contribution is 2.24. The molecular weight excluding hydrogens is 246 g/mol. The van der Waals surface area contributed by atoms with Crippen molar-refractivity contribution in [1.82, 2.24) is 10.4 Å². The summed E-state index contributed by atoms with van der Waals surface area (Å²) in [5.41, 5.74) is 6.26. The van der Waals surface area contributed by atoms with Crippen molar-refractivity contribution in [2.45, 2.75) is 12.5 Å². The van der Waals surface area contributed by atoms with Crippen LogP contribution in [-0.4, -0.2) is 10.7 Å². The number of rotatable bonds is 2. The molecule has 3 nitrogen and oxygen atoms in total. The minimum atomic E-state index is 0.208. The Hall–Kier alpha value is -1.87. The Bertz CT molecular complexity index is 563. The lowest BCUT2D eigenvalue weighted by molar-refractivity contribution is 0.620. The van der Waals surface area contributed by atoms with Crippen molar-refractivity contribution < 1.29 is 0 Å². The van der Waals surface area contributed by atoms with Crippen LogP contribution in [0.1, 0.15) is 23.7 Å². The second-order valence-electron chi connectivity index (χ2n) is 4.21. The maximum atomic E-state index is 5.88. The number of benzene rings is 1. The topological polar surface area (TPSA) is 37.3 Å². The summed E-state index contributed by atoms with van der Waals surface area (Å²) in [5.74, 6) is 0. The van der Waals surface area contributed by atoms with Crippen LogP contribution < -0.4 is 5.43 Å². The maximum absolute atomic E-state index is 5.88. The number of nitrogens with one attached hydrogen (secondary N) is 1. The molecule has 0 fully saturated rings. The lowest BCUT2D eigenvalue weighted by Gasteiger charge is -2.09. The molecule has 18 heavy (non-hydrogen) atoms. The van der Waals surface area contributed by atoms with Gasteiger partial charge in [0.25, 0.3) is 0 Å². The number of hydrazone groups is 1. The molecule has 1 aliphatic heterocycles. The Morgan fingerprint density at radius 2 is 1.94 bits per heavy atom. The molecular formula is C14H12ClN3. The van der Waals surface area contributed by atoms with Gasteiger partial charge in [-0.3, -0.25) is 4.98 Å². The minimum Gasteiger partial charge on any atom is -0.302 e. The molecule has 1 aromatic carbocycles. The van der Waals surface area contributed by atoms with Crippen molar-refractivity contribution >= 4 is 17.3 Å². The van der Waals surface area contributed by atoms with Crippen molar-refractivity contribution in [2.75, 3.05) is 0 Å². The first kappa shape index (κ1) is 11.2. The predicted octanol–water partition coefficient (Wildman–Crippen LogP) is 3.17. The molecule has 0 radical (unpaired) electrons. The summed E-state index contributed by atoms with van der Waals surface area (Å²) in [4.78, 5) is 4.31. The Labute approximate surface area is 111 Å². The monoisotopic (exact) mass is 257 g/mol. The van der Waals surface area contributed by atoms with Gasteiger partial charge in [-0.2, -0.15) is 5.10 Å². The molecule has 0 aliphatic carbocycles. The van der Waals surface area contributed by atoms with E-state index >= 15 is 0 Å². The molecule has 4 heteroatoms. The van der Waals surface area contributed by atoms with Gasteiger partial charge < -0.3 is 5.43 Å². The van der Waals surface area contributed by atoms with Crippen molar-refractivity contribution in [3.05, 3.63) is 64.9 Å². The van der Waals surface area contributed by atoms with E-state index in [0.29, 0.717) is 0 Å². The normalized spacial score (nSPS) is 18.3. The first-order valence-corrected chi connectivity index (χ1v) is 6.20. The number of halogens is 1. The van der Waals surface area contributed by atoms with Crippen LogP contribution in [0.5, 0.6) is 0 Å². The van der Waals surface area contributed by atoms with Crippen molar-refractivity contribution in [2.24, 2.45) is 5.10 Å². The summed E-state index contributed by atoms with van der Waals surface area (Å²) < 4.78 is 0. The third-order valence-corrected chi connectivity index (χ3v) is 3.24. The zero-order chi connectivity index (χ0) is 12.4. The standard InChI is InChI=1S/C14H12ClN3/c15-11-6-4-10(5-7-11)13-9-14(18-17-13)12-3-1-2-8-16-12/h1-8,13,17H,9H2. The van der Waals surface area contributed by atoms with E-state index in [4.69, 9.17) is 11.6 Å². The Morgan fingerprint density at radius 1 is 1.11 bits per heavy atom. The van der Waals surface area contributed by atoms with Crippen molar-refractivity contribution in [3.63, 3.8) is 0 Å². The van der Waals surface area contributed by atoms with Gasteiger partial charge in [-0.05, 0) is 29.8 Å². The van der Waals surface area contributed by atoms with Gasteiger partial charge in [0.05, 0.1) is 17.4 Å². The molecule has 0 saturated carbocycles. The van der Waals surface area contributed by atoms with Crippen LogP contribution in [0.4, 0.5) is 0 Å². The highest BCUT2D eigenvalue weighted by atomic mass is 35.5. The predicted molar refractivity (Wildman–Crippen MR) is 72.7 cm³/mol. The fourth-order valence-corrected chi connectivity index (χ4v) is 2.15. The van der Waals surface area contributed by atoms with E-state index in [1.54, 1.807) is 6.20 Å². The van der Waals surface area contributed by atoms with E-state index in [0.717, 1.165) is 22.8 Å². The zero-order valence-electron chi connectivity index (χ0n) is 9.68. The van der Waals surface area contributed by atoms with Gasteiger partial charge in [0.15, 0.2) is 0 Å². The van der Waals surface area contributed by atoms with E-state index in [1.165, 1.54) is 5.56 Å². The smallest absolute Gasteiger partial charge is 0.0883 e. The van der Waals surface area contributed by atoms with Crippen LogP contribution in [0.15, 0.2) is 53.8 Å². The van der Waals surface area contributed by atoms with Crippen LogP contribution in [0.25, 0.3) is 0 Å². The maximum Gasteiger partial charge on any atom is 0.0883 e. The molecule has 3 rings (SSSR count). The van der Waals surface area contributed by atoms with Crippen LogP contribution in [0.3, 0.4) is 0 Å². The van der Waals surface area contributed by atoms with E-state index in [1.807, 2.05) is 42.5 Å². The Balaban J connectivity index is 1.76. The summed E-state index contributed by atoms with van der Waals surface area (Å²) >= 11 is 5.88. The number of hydrogen-bond donors (Lipinski definition) is 1. The van der Waals surface area contributed by atoms with E-state index in [-0.39, 0.29) is 6.04 Å². The second-order valence-corrected chi connectivity index (χ2v) is 4.65. The molecule has 1 aromatic heterocycles. The van der Waals surface area contributed by atoms with Crippen LogP contribution in [0, 0.1) is 0 Å². The first-order valence-electron chi connectivity index (χ1n) is 5.82. The number of pyridine rings is 1. The summed E-state index contributed by atoms with van der Waals surface area (Å²) in [5, 5.41) is 5.11. The molecule has 1 unspecified atom stereocenters. The highest BCUT2D eigenvalue weighted by molar-refractivity contribution is 6.30. The molecule has 1 aliphatic rings. The van der Waals surface area contributed by atoms with Gasteiger partial charge in [0.1, 0.15) is 0 Å². The van der Waals surface area contributed by atoms with Crippen molar-refractivity contribution in [3.8, 4) is 0 Å². The Kier molecular flexibility index (Phi) is 2.99. The van der Waals surface area contributed by atoms with Crippen molar-refractivity contribution in [1.29, 1.82) is 0 Å².